The first-order chi connectivity index (χ1) is 7.89. The number of para-hydroxylation sites is 1. The fourth-order valence-electron chi connectivity index (χ4n) is 1.96. The van der Waals surface area contributed by atoms with Crippen LogP contribution in [0.15, 0.2) is 30.5 Å². The second kappa shape index (κ2) is 4.19. The lowest BCUT2D eigenvalue weighted by atomic mass is 9.88. The van der Waals surface area contributed by atoms with Gasteiger partial charge in [-0.15, -0.1) is 0 Å². The molecule has 3 heteroatoms. The van der Waals surface area contributed by atoms with Crippen LogP contribution in [0.2, 0.25) is 5.02 Å². The predicted molar refractivity (Wildman–Crippen MR) is 72.0 cm³/mol. The number of hydrogen-bond donors (Lipinski definition) is 0. The molecule has 0 atom stereocenters. The van der Waals surface area contributed by atoms with Crippen LogP contribution in [-0.4, -0.2) is 9.78 Å². The molecule has 1 aromatic heterocycles. The molecule has 2 aromatic rings. The van der Waals surface area contributed by atoms with E-state index >= 15 is 0 Å². The van der Waals surface area contributed by atoms with E-state index in [1.807, 2.05) is 35.9 Å². The van der Waals surface area contributed by atoms with Crippen molar-refractivity contribution in [2.45, 2.75) is 33.1 Å². The predicted octanol–water partition coefficient (Wildman–Crippen LogP) is 4.13. The summed E-state index contributed by atoms with van der Waals surface area (Å²) >= 11 is 6.17. The Morgan fingerprint density at radius 2 is 1.82 bits per heavy atom. The summed E-state index contributed by atoms with van der Waals surface area (Å²) in [4.78, 5) is 0. The first kappa shape index (κ1) is 12.2. The molecule has 0 saturated heterocycles. The molecule has 17 heavy (non-hydrogen) atoms. The summed E-state index contributed by atoms with van der Waals surface area (Å²) in [6, 6.07) is 7.74. The lowest BCUT2D eigenvalue weighted by molar-refractivity contribution is 0.586. The maximum Gasteiger partial charge on any atom is 0.0831 e. The number of aryl methyl sites for hydroxylation is 1. The zero-order valence-electron chi connectivity index (χ0n) is 10.7. The SMILES string of the molecule is Cc1nn(-c2ccccc2Cl)cc1C(C)(C)C. The molecule has 0 bridgehead atoms. The molecular weight excluding hydrogens is 232 g/mol. The van der Waals surface area contributed by atoms with Crippen LogP contribution in [0.4, 0.5) is 0 Å². The van der Waals surface area contributed by atoms with Crippen molar-refractivity contribution in [3.8, 4) is 5.69 Å². The fraction of sp³-hybridized carbons (Fsp3) is 0.357. The largest absolute Gasteiger partial charge is 0.239 e. The summed E-state index contributed by atoms with van der Waals surface area (Å²) in [5.41, 5.74) is 3.33. The molecule has 1 aromatic carbocycles. The third kappa shape index (κ3) is 2.37. The standard InChI is InChI=1S/C14H17ClN2/c1-10-11(14(2,3)4)9-17(16-10)13-8-6-5-7-12(13)15/h5-9H,1-4H3. The highest BCUT2D eigenvalue weighted by Crippen LogP contribution is 2.27. The molecule has 0 fully saturated rings. The lowest BCUT2D eigenvalue weighted by Gasteiger charge is -2.16. The summed E-state index contributed by atoms with van der Waals surface area (Å²) in [6.07, 6.45) is 2.07. The first-order valence-electron chi connectivity index (χ1n) is 5.71. The minimum Gasteiger partial charge on any atom is -0.239 e. The molecule has 0 aliphatic carbocycles. The molecule has 0 unspecified atom stereocenters. The van der Waals surface area contributed by atoms with Gasteiger partial charge in [-0.2, -0.15) is 5.10 Å². The number of hydrogen-bond acceptors (Lipinski definition) is 1. The monoisotopic (exact) mass is 248 g/mol. The summed E-state index contributed by atoms with van der Waals surface area (Å²) in [7, 11) is 0. The molecule has 0 radical (unpaired) electrons. The third-order valence-electron chi connectivity index (χ3n) is 2.81. The molecule has 2 nitrogen and oxygen atoms in total. The Labute approximate surface area is 107 Å². The number of nitrogens with zero attached hydrogens (tertiary/aromatic N) is 2. The van der Waals surface area contributed by atoms with Crippen molar-refractivity contribution < 1.29 is 0 Å². The molecule has 0 amide bonds. The van der Waals surface area contributed by atoms with Crippen molar-refractivity contribution in [1.29, 1.82) is 0 Å². The van der Waals surface area contributed by atoms with Gasteiger partial charge in [-0.3, -0.25) is 0 Å². The molecule has 90 valence electrons. The topological polar surface area (TPSA) is 17.8 Å². The van der Waals surface area contributed by atoms with Crippen molar-refractivity contribution >= 4 is 11.6 Å². The van der Waals surface area contributed by atoms with Crippen molar-refractivity contribution in [2.24, 2.45) is 0 Å². The van der Waals surface area contributed by atoms with Crippen molar-refractivity contribution in [3.63, 3.8) is 0 Å². The number of benzene rings is 1. The van der Waals surface area contributed by atoms with Crippen LogP contribution in [-0.2, 0) is 5.41 Å². The first-order valence-corrected chi connectivity index (χ1v) is 6.09. The van der Waals surface area contributed by atoms with Gasteiger partial charge in [0.1, 0.15) is 0 Å². The van der Waals surface area contributed by atoms with Crippen LogP contribution in [0, 0.1) is 6.92 Å². The van der Waals surface area contributed by atoms with E-state index in [-0.39, 0.29) is 5.41 Å². The second-order valence-corrected chi connectivity index (χ2v) is 5.68. The number of halogens is 1. The second-order valence-electron chi connectivity index (χ2n) is 5.27. The van der Waals surface area contributed by atoms with Crippen LogP contribution >= 0.6 is 11.6 Å². The van der Waals surface area contributed by atoms with E-state index in [0.717, 1.165) is 16.4 Å². The molecular formula is C14H17ClN2. The Kier molecular flexibility index (Phi) is 3.00. The Hall–Kier alpha value is -1.28. The van der Waals surface area contributed by atoms with Crippen LogP contribution < -0.4 is 0 Å². The fourth-order valence-corrected chi connectivity index (χ4v) is 2.18. The van der Waals surface area contributed by atoms with Crippen molar-refractivity contribution in [1.82, 2.24) is 9.78 Å². The van der Waals surface area contributed by atoms with Crippen molar-refractivity contribution in [3.05, 3.63) is 46.7 Å². The van der Waals surface area contributed by atoms with Gasteiger partial charge in [0, 0.05) is 6.20 Å². The van der Waals surface area contributed by atoms with E-state index in [2.05, 4.69) is 32.1 Å². The maximum absolute atomic E-state index is 6.17. The Morgan fingerprint density at radius 3 is 2.35 bits per heavy atom. The minimum absolute atomic E-state index is 0.101. The van der Waals surface area contributed by atoms with Gasteiger partial charge >= 0.3 is 0 Å². The van der Waals surface area contributed by atoms with Crippen LogP contribution in [0.5, 0.6) is 0 Å². The molecule has 0 saturated carbocycles. The highest BCUT2D eigenvalue weighted by atomic mass is 35.5. The third-order valence-corrected chi connectivity index (χ3v) is 3.13. The van der Waals surface area contributed by atoms with Gasteiger partial charge in [0.25, 0.3) is 0 Å². The van der Waals surface area contributed by atoms with Gasteiger partial charge in [0.05, 0.1) is 16.4 Å². The van der Waals surface area contributed by atoms with Gasteiger partial charge < -0.3 is 0 Å². The quantitative estimate of drug-likeness (QED) is 0.742. The van der Waals surface area contributed by atoms with Gasteiger partial charge in [-0.1, -0.05) is 44.5 Å². The zero-order valence-corrected chi connectivity index (χ0v) is 11.4. The van der Waals surface area contributed by atoms with Gasteiger partial charge in [-0.25, -0.2) is 4.68 Å². The highest BCUT2D eigenvalue weighted by molar-refractivity contribution is 6.32. The average molecular weight is 249 g/mol. The summed E-state index contributed by atoms with van der Waals surface area (Å²) in [5.74, 6) is 0. The van der Waals surface area contributed by atoms with Crippen LogP contribution in [0.3, 0.4) is 0 Å². The van der Waals surface area contributed by atoms with Crippen LogP contribution in [0.25, 0.3) is 5.69 Å². The molecule has 0 spiro atoms. The number of aromatic nitrogens is 2. The van der Waals surface area contributed by atoms with Gasteiger partial charge in [0.15, 0.2) is 0 Å². The Bertz CT molecular complexity index is 535. The van der Waals surface area contributed by atoms with E-state index in [0.29, 0.717) is 0 Å². The summed E-state index contributed by atoms with van der Waals surface area (Å²) in [6.45, 7) is 8.60. The Morgan fingerprint density at radius 1 is 1.18 bits per heavy atom. The minimum atomic E-state index is 0.101. The maximum atomic E-state index is 6.17. The summed E-state index contributed by atoms with van der Waals surface area (Å²) in [5, 5.41) is 5.26. The lowest BCUT2D eigenvalue weighted by Crippen LogP contribution is -2.11. The summed E-state index contributed by atoms with van der Waals surface area (Å²) < 4.78 is 1.86. The number of rotatable bonds is 1. The van der Waals surface area contributed by atoms with Crippen molar-refractivity contribution in [2.75, 3.05) is 0 Å². The highest BCUT2D eigenvalue weighted by Gasteiger charge is 2.20. The van der Waals surface area contributed by atoms with Crippen LogP contribution in [0.1, 0.15) is 32.0 Å². The van der Waals surface area contributed by atoms with E-state index in [1.54, 1.807) is 0 Å². The van der Waals surface area contributed by atoms with E-state index < -0.39 is 0 Å². The van der Waals surface area contributed by atoms with Gasteiger partial charge in [-0.05, 0) is 30.0 Å². The van der Waals surface area contributed by atoms with E-state index in [9.17, 15) is 0 Å². The smallest absolute Gasteiger partial charge is 0.0831 e. The molecule has 0 N–H and O–H groups in total. The molecule has 0 aliphatic rings. The molecule has 1 heterocycles. The van der Waals surface area contributed by atoms with Gasteiger partial charge in [0.2, 0.25) is 0 Å². The normalized spacial score (nSPS) is 11.8. The average Bonchev–Trinajstić information content (AvgIpc) is 2.60. The molecule has 2 rings (SSSR count). The Balaban J connectivity index is 2.53. The zero-order chi connectivity index (χ0) is 12.6. The van der Waals surface area contributed by atoms with E-state index in [1.165, 1.54) is 5.56 Å². The molecule has 0 aliphatic heterocycles. The van der Waals surface area contributed by atoms with E-state index in [4.69, 9.17) is 11.6 Å².